The lowest BCUT2D eigenvalue weighted by Crippen LogP contribution is -1.98. The Morgan fingerprint density at radius 2 is 1.83 bits per heavy atom. The zero-order chi connectivity index (χ0) is 12.1. The molecule has 0 heterocycles. The molecule has 18 heavy (non-hydrogen) atoms. The van der Waals surface area contributed by atoms with Crippen LogP contribution in [-0.4, -0.2) is 0 Å². The summed E-state index contributed by atoms with van der Waals surface area (Å²) in [6.07, 6.45) is 0. The average Bonchev–Trinajstić information content (AvgIpc) is 2.38. The second kappa shape index (κ2) is 6.53. The van der Waals surface area contributed by atoms with Crippen molar-refractivity contribution in [2.45, 2.75) is 6.61 Å². The lowest BCUT2D eigenvalue weighted by atomic mass is 10.2. The summed E-state index contributed by atoms with van der Waals surface area (Å²) in [6.45, 7) is 0.430. The number of benzene rings is 2. The molecule has 0 spiro atoms. The van der Waals surface area contributed by atoms with Crippen LogP contribution in [-0.2, 0) is 6.61 Å². The topological polar surface area (TPSA) is 59.0 Å². The molecular formula is C14H13ClN2O. The highest BCUT2D eigenvalue weighted by Crippen LogP contribution is 2.22. The first-order valence-electron chi connectivity index (χ1n) is 5.26. The Morgan fingerprint density at radius 1 is 1.11 bits per heavy atom. The molecule has 0 radical (unpaired) electrons. The number of anilines is 1. The minimum atomic E-state index is 0. The Kier molecular flexibility index (Phi) is 5.04. The third-order valence-corrected chi connectivity index (χ3v) is 2.36. The maximum atomic E-state index is 8.94. The molecule has 0 bridgehead atoms. The quantitative estimate of drug-likeness (QED) is 0.863. The molecule has 0 amide bonds. The first-order valence-corrected chi connectivity index (χ1v) is 5.26. The minimum absolute atomic E-state index is 0. The molecule has 92 valence electrons. The summed E-state index contributed by atoms with van der Waals surface area (Å²) in [5, 5.41) is 8.94. The zero-order valence-corrected chi connectivity index (χ0v) is 10.5. The molecule has 2 N–H and O–H groups in total. The summed E-state index contributed by atoms with van der Waals surface area (Å²) in [7, 11) is 0. The van der Waals surface area contributed by atoms with Crippen LogP contribution in [0.25, 0.3) is 0 Å². The molecule has 3 nitrogen and oxygen atoms in total. The molecule has 0 aromatic heterocycles. The lowest BCUT2D eigenvalue weighted by Gasteiger charge is -2.08. The van der Waals surface area contributed by atoms with Crippen LogP contribution in [0.3, 0.4) is 0 Å². The zero-order valence-electron chi connectivity index (χ0n) is 9.67. The van der Waals surface area contributed by atoms with Crippen molar-refractivity contribution in [3.8, 4) is 11.8 Å². The van der Waals surface area contributed by atoms with Crippen LogP contribution in [0.4, 0.5) is 5.69 Å². The summed E-state index contributed by atoms with van der Waals surface area (Å²) in [5.74, 6) is 0.524. The van der Waals surface area contributed by atoms with E-state index in [1.165, 1.54) is 0 Å². The minimum Gasteiger partial charge on any atom is -0.487 e. The van der Waals surface area contributed by atoms with E-state index >= 15 is 0 Å². The molecule has 0 saturated heterocycles. The molecule has 2 rings (SSSR count). The van der Waals surface area contributed by atoms with Crippen molar-refractivity contribution in [2.24, 2.45) is 0 Å². The van der Waals surface area contributed by atoms with E-state index in [2.05, 4.69) is 6.07 Å². The Morgan fingerprint density at radius 3 is 2.50 bits per heavy atom. The highest BCUT2D eigenvalue weighted by Gasteiger charge is 2.03. The van der Waals surface area contributed by atoms with Gasteiger partial charge in [-0.05, 0) is 17.7 Å². The summed E-state index contributed by atoms with van der Waals surface area (Å²) in [5.41, 5.74) is 7.80. The molecule has 0 aliphatic rings. The van der Waals surface area contributed by atoms with Gasteiger partial charge in [-0.2, -0.15) is 5.26 Å². The first-order chi connectivity index (χ1) is 8.29. The second-order valence-corrected chi connectivity index (χ2v) is 3.64. The largest absolute Gasteiger partial charge is 0.487 e. The van der Waals surface area contributed by atoms with Gasteiger partial charge in [-0.1, -0.05) is 30.3 Å². The van der Waals surface area contributed by atoms with Crippen LogP contribution in [0, 0.1) is 11.3 Å². The smallest absolute Gasteiger partial charge is 0.139 e. The number of halogens is 1. The second-order valence-electron chi connectivity index (χ2n) is 3.64. The predicted molar refractivity (Wildman–Crippen MR) is 73.6 cm³/mol. The standard InChI is InChI=1S/C14H12N2O.ClH/c15-9-12-6-7-13(16)8-14(12)17-10-11-4-2-1-3-5-11;/h1-8H,10,16H2;1H. The Labute approximate surface area is 112 Å². The first kappa shape index (κ1) is 13.9. The number of ether oxygens (including phenoxy) is 1. The Balaban J connectivity index is 0.00000162. The number of nitrogens with two attached hydrogens (primary N) is 1. The van der Waals surface area contributed by atoms with Crippen molar-refractivity contribution in [3.05, 3.63) is 59.7 Å². The summed E-state index contributed by atoms with van der Waals surface area (Å²) in [6, 6.07) is 16.9. The molecular weight excluding hydrogens is 248 g/mol. The third kappa shape index (κ3) is 3.41. The van der Waals surface area contributed by atoms with E-state index in [1.54, 1.807) is 18.2 Å². The summed E-state index contributed by atoms with van der Waals surface area (Å²) < 4.78 is 5.59. The van der Waals surface area contributed by atoms with Gasteiger partial charge in [0.05, 0.1) is 5.56 Å². The van der Waals surface area contributed by atoms with E-state index in [1.807, 2.05) is 30.3 Å². The SMILES string of the molecule is Cl.N#Cc1ccc(N)cc1OCc1ccccc1. The van der Waals surface area contributed by atoms with Crippen molar-refractivity contribution >= 4 is 18.1 Å². The van der Waals surface area contributed by atoms with Crippen molar-refractivity contribution < 1.29 is 4.74 Å². The van der Waals surface area contributed by atoms with Gasteiger partial charge >= 0.3 is 0 Å². The van der Waals surface area contributed by atoms with Gasteiger partial charge in [0.2, 0.25) is 0 Å². The van der Waals surface area contributed by atoms with Gasteiger partial charge in [-0.3, -0.25) is 0 Å². The molecule has 0 aliphatic heterocycles. The number of nitrogens with zero attached hydrogens (tertiary/aromatic N) is 1. The molecule has 2 aromatic rings. The number of hydrogen-bond acceptors (Lipinski definition) is 3. The van der Waals surface area contributed by atoms with E-state index in [9.17, 15) is 0 Å². The van der Waals surface area contributed by atoms with Gasteiger partial charge in [-0.15, -0.1) is 12.4 Å². The fourth-order valence-corrected chi connectivity index (χ4v) is 1.49. The van der Waals surface area contributed by atoms with Crippen LogP contribution in [0.2, 0.25) is 0 Å². The molecule has 0 atom stereocenters. The van der Waals surface area contributed by atoms with E-state index in [0.29, 0.717) is 23.6 Å². The van der Waals surface area contributed by atoms with Crippen LogP contribution in [0.1, 0.15) is 11.1 Å². The van der Waals surface area contributed by atoms with Crippen LogP contribution in [0.5, 0.6) is 5.75 Å². The highest BCUT2D eigenvalue weighted by molar-refractivity contribution is 5.85. The van der Waals surface area contributed by atoms with Crippen molar-refractivity contribution in [1.82, 2.24) is 0 Å². The molecule has 4 heteroatoms. The van der Waals surface area contributed by atoms with Gasteiger partial charge in [0.1, 0.15) is 18.4 Å². The van der Waals surface area contributed by atoms with E-state index in [4.69, 9.17) is 15.7 Å². The third-order valence-electron chi connectivity index (χ3n) is 2.36. The van der Waals surface area contributed by atoms with Crippen molar-refractivity contribution in [2.75, 3.05) is 5.73 Å². The fraction of sp³-hybridized carbons (Fsp3) is 0.0714. The maximum absolute atomic E-state index is 8.94. The fourth-order valence-electron chi connectivity index (χ4n) is 1.49. The monoisotopic (exact) mass is 260 g/mol. The summed E-state index contributed by atoms with van der Waals surface area (Å²) in [4.78, 5) is 0. The van der Waals surface area contributed by atoms with Gasteiger partial charge < -0.3 is 10.5 Å². The predicted octanol–water partition coefficient (Wildman–Crippen LogP) is 3.14. The van der Waals surface area contributed by atoms with E-state index in [0.717, 1.165) is 5.56 Å². The van der Waals surface area contributed by atoms with Gasteiger partial charge in [-0.25, -0.2) is 0 Å². The number of rotatable bonds is 3. The van der Waals surface area contributed by atoms with Gasteiger partial charge in [0, 0.05) is 11.8 Å². The van der Waals surface area contributed by atoms with E-state index in [-0.39, 0.29) is 12.4 Å². The molecule has 0 fully saturated rings. The maximum Gasteiger partial charge on any atom is 0.139 e. The van der Waals surface area contributed by atoms with Gasteiger partial charge in [0.15, 0.2) is 0 Å². The number of nitrogen functional groups attached to an aromatic ring is 1. The average molecular weight is 261 g/mol. The van der Waals surface area contributed by atoms with Crippen LogP contribution in [0.15, 0.2) is 48.5 Å². The summed E-state index contributed by atoms with van der Waals surface area (Å²) >= 11 is 0. The molecule has 2 aromatic carbocycles. The van der Waals surface area contributed by atoms with Crippen LogP contribution < -0.4 is 10.5 Å². The number of hydrogen-bond donors (Lipinski definition) is 1. The van der Waals surface area contributed by atoms with Crippen molar-refractivity contribution in [1.29, 1.82) is 5.26 Å². The normalized spacial score (nSPS) is 9.06. The molecule has 0 unspecified atom stereocenters. The lowest BCUT2D eigenvalue weighted by molar-refractivity contribution is 0.305. The van der Waals surface area contributed by atoms with Crippen LogP contribution >= 0.6 is 12.4 Å². The number of nitriles is 1. The Bertz CT molecular complexity index is 549. The molecule has 0 aliphatic carbocycles. The van der Waals surface area contributed by atoms with Crippen molar-refractivity contribution in [3.63, 3.8) is 0 Å². The highest BCUT2D eigenvalue weighted by atomic mass is 35.5. The van der Waals surface area contributed by atoms with E-state index < -0.39 is 0 Å². The molecule has 0 saturated carbocycles. The van der Waals surface area contributed by atoms with Gasteiger partial charge in [0.25, 0.3) is 0 Å². The Hall–Kier alpha value is -2.18.